The summed E-state index contributed by atoms with van der Waals surface area (Å²) in [6, 6.07) is 9.11. The number of halogens is 1. The Morgan fingerprint density at radius 1 is 1.37 bits per heavy atom. The molecule has 3 rings (SSSR count). The van der Waals surface area contributed by atoms with Gasteiger partial charge in [-0.05, 0) is 49.4 Å². The van der Waals surface area contributed by atoms with Crippen LogP contribution in [0.4, 0.5) is 0 Å². The van der Waals surface area contributed by atoms with Crippen molar-refractivity contribution in [3.63, 3.8) is 0 Å². The van der Waals surface area contributed by atoms with Gasteiger partial charge in [-0.3, -0.25) is 14.2 Å². The molecule has 0 aliphatic carbocycles. The predicted octanol–water partition coefficient (Wildman–Crippen LogP) is 3.99. The smallest absolute Gasteiger partial charge is 0.262 e. The Kier molecular flexibility index (Phi) is 8.74. The first kappa shape index (κ1) is 22.8. The van der Waals surface area contributed by atoms with Gasteiger partial charge in [-0.1, -0.05) is 29.4 Å². The van der Waals surface area contributed by atoms with Gasteiger partial charge < -0.3 is 10.1 Å². The zero-order valence-electron chi connectivity index (χ0n) is 16.7. The van der Waals surface area contributed by atoms with Crippen LogP contribution in [-0.2, 0) is 22.5 Å². The van der Waals surface area contributed by atoms with E-state index in [4.69, 9.17) is 16.3 Å². The highest BCUT2D eigenvalue weighted by Gasteiger charge is 2.14. The third kappa shape index (κ3) is 6.31. The van der Waals surface area contributed by atoms with Crippen molar-refractivity contribution < 1.29 is 9.53 Å². The van der Waals surface area contributed by atoms with Gasteiger partial charge in [0.25, 0.3) is 5.56 Å². The fourth-order valence-corrected chi connectivity index (χ4v) is 4.64. The Hall–Kier alpha value is -1.87. The lowest BCUT2D eigenvalue weighted by atomic mass is 10.2. The largest absolute Gasteiger partial charge is 0.382 e. The summed E-state index contributed by atoms with van der Waals surface area (Å²) in [5, 5.41) is 6.49. The highest BCUT2D eigenvalue weighted by atomic mass is 35.5. The van der Waals surface area contributed by atoms with Crippen LogP contribution in [0.15, 0.2) is 45.7 Å². The monoisotopic (exact) mass is 465 g/mol. The van der Waals surface area contributed by atoms with Crippen LogP contribution < -0.4 is 10.9 Å². The fraction of sp³-hybridized carbons (Fsp3) is 0.381. The lowest BCUT2D eigenvalue weighted by Gasteiger charge is -2.13. The van der Waals surface area contributed by atoms with Gasteiger partial charge in [0.1, 0.15) is 0 Å². The molecule has 2 heterocycles. The number of nitrogens with zero attached hydrogens (tertiary/aromatic N) is 2. The van der Waals surface area contributed by atoms with Crippen LogP contribution in [0.25, 0.3) is 10.9 Å². The number of hydrogen-bond donors (Lipinski definition) is 1. The SMILES string of the molecule is CCOCCCn1c(SCC(=O)NCCc2cccs2)nc2cc(Cl)ccc2c1=O. The van der Waals surface area contributed by atoms with Gasteiger partial charge in [0.05, 0.1) is 16.7 Å². The van der Waals surface area contributed by atoms with E-state index in [2.05, 4.69) is 16.4 Å². The molecule has 1 amide bonds. The summed E-state index contributed by atoms with van der Waals surface area (Å²) in [6.07, 6.45) is 1.50. The second-order valence-electron chi connectivity index (χ2n) is 6.53. The molecule has 0 aliphatic heterocycles. The number of aromatic nitrogens is 2. The normalized spacial score (nSPS) is 11.1. The molecule has 0 atom stereocenters. The summed E-state index contributed by atoms with van der Waals surface area (Å²) in [4.78, 5) is 31.1. The predicted molar refractivity (Wildman–Crippen MR) is 124 cm³/mol. The number of thiophene rings is 1. The Balaban J connectivity index is 1.69. The number of hydrogen-bond acceptors (Lipinski definition) is 6. The molecule has 0 spiro atoms. The number of nitrogens with one attached hydrogen (secondary N) is 1. The third-order valence-corrected chi connectivity index (χ3v) is 6.51. The lowest BCUT2D eigenvalue weighted by molar-refractivity contribution is -0.118. The molecule has 2 aromatic heterocycles. The maximum absolute atomic E-state index is 13.0. The van der Waals surface area contributed by atoms with Gasteiger partial charge in [-0.15, -0.1) is 11.3 Å². The molecular formula is C21H24ClN3O3S2. The second-order valence-corrected chi connectivity index (χ2v) is 8.94. The topological polar surface area (TPSA) is 73.2 Å². The number of fused-ring (bicyclic) bond motifs is 1. The molecule has 1 N–H and O–H groups in total. The van der Waals surface area contributed by atoms with E-state index in [-0.39, 0.29) is 17.2 Å². The van der Waals surface area contributed by atoms with E-state index in [0.29, 0.717) is 53.8 Å². The number of thioether (sulfide) groups is 1. The molecule has 0 aliphatic rings. The first-order chi connectivity index (χ1) is 14.6. The van der Waals surface area contributed by atoms with E-state index in [1.165, 1.54) is 16.6 Å². The number of carbonyl (C=O) groups excluding carboxylic acids is 1. The van der Waals surface area contributed by atoms with Crippen molar-refractivity contribution in [1.82, 2.24) is 14.9 Å². The summed E-state index contributed by atoms with van der Waals surface area (Å²) in [6.45, 7) is 4.20. The maximum Gasteiger partial charge on any atom is 0.262 e. The molecular weight excluding hydrogens is 442 g/mol. The van der Waals surface area contributed by atoms with Crippen molar-refractivity contribution in [3.05, 3.63) is 56.0 Å². The minimum absolute atomic E-state index is 0.0853. The summed E-state index contributed by atoms with van der Waals surface area (Å²) in [5.74, 6) is 0.104. The number of carbonyl (C=O) groups is 1. The van der Waals surface area contributed by atoms with E-state index >= 15 is 0 Å². The van der Waals surface area contributed by atoms with Gasteiger partial charge in [-0.25, -0.2) is 4.98 Å². The van der Waals surface area contributed by atoms with E-state index in [0.717, 1.165) is 6.42 Å². The highest BCUT2D eigenvalue weighted by molar-refractivity contribution is 7.99. The van der Waals surface area contributed by atoms with Gasteiger partial charge in [0.2, 0.25) is 5.91 Å². The molecule has 30 heavy (non-hydrogen) atoms. The van der Waals surface area contributed by atoms with E-state index in [9.17, 15) is 9.59 Å². The molecule has 6 nitrogen and oxygen atoms in total. The Bertz CT molecular complexity index is 1040. The minimum atomic E-state index is -0.131. The summed E-state index contributed by atoms with van der Waals surface area (Å²) >= 11 is 9.01. The molecule has 0 saturated carbocycles. The lowest BCUT2D eigenvalue weighted by Crippen LogP contribution is -2.28. The Morgan fingerprint density at radius 3 is 3.00 bits per heavy atom. The number of ether oxygens (including phenoxy) is 1. The van der Waals surface area contributed by atoms with Crippen molar-refractivity contribution in [1.29, 1.82) is 0 Å². The average molecular weight is 466 g/mol. The third-order valence-electron chi connectivity index (χ3n) is 4.36. The van der Waals surface area contributed by atoms with Crippen molar-refractivity contribution >= 4 is 51.5 Å². The molecule has 0 radical (unpaired) electrons. The van der Waals surface area contributed by atoms with Crippen LogP contribution in [0.5, 0.6) is 0 Å². The van der Waals surface area contributed by atoms with E-state index in [1.54, 1.807) is 34.1 Å². The van der Waals surface area contributed by atoms with E-state index in [1.807, 2.05) is 18.4 Å². The van der Waals surface area contributed by atoms with Crippen LogP contribution in [0.3, 0.4) is 0 Å². The van der Waals surface area contributed by atoms with Gasteiger partial charge in [0.15, 0.2) is 5.16 Å². The molecule has 0 fully saturated rings. The molecule has 0 saturated heterocycles. The number of amides is 1. The summed E-state index contributed by atoms with van der Waals surface area (Å²) in [7, 11) is 0. The Labute approximate surface area is 188 Å². The molecule has 160 valence electrons. The summed E-state index contributed by atoms with van der Waals surface area (Å²) < 4.78 is 7.01. The number of benzene rings is 1. The molecule has 0 bridgehead atoms. The summed E-state index contributed by atoms with van der Waals surface area (Å²) in [5.41, 5.74) is 0.405. The van der Waals surface area contributed by atoms with Crippen molar-refractivity contribution in [2.45, 2.75) is 31.5 Å². The fourth-order valence-electron chi connectivity index (χ4n) is 2.91. The zero-order chi connectivity index (χ0) is 21.3. The maximum atomic E-state index is 13.0. The van der Waals surface area contributed by atoms with Gasteiger partial charge >= 0.3 is 0 Å². The van der Waals surface area contributed by atoms with Crippen LogP contribution >= 0.6 is 34.7 Å². The molecule has 3 aromatic rings. The highest BCUT2D eigenvalue weighted by Crippen LogP contribution is 2.20. The van der Waals surface area contributed by atoms with Crippen molar-refractivity contribution in [3.8, 4) is 0 Å². The second kappa shape index (κ2) is 11.5. The van der Waals surface area contributed by atoms with E-state index < -0.39 is 0 Å². The van der Waals surface area contributed by atoms with Gasteiger partial charge in [0, 0.05) is 36.2 Å². The average Bonchev–Trinajstić information content (AvgIpc) is 3.24. The van der Waals surface area contributed by atoms with Crippen LogP contribution in [0.1, 0.15) is 18.2 Å². The van der Waals surface area contributed by atoms with Crippen LogP contribution in [-0.4, -0.2) is 41.0 Å². The van der Waals surface area contributed by atoms with Gasteiger partial charge in [-0.2, -0.15) is 0 Å². The minimum Gasteiger partial charge on any atom is -0.382 e. The molecule has 0 unspecified atom stereocenters. The zero-order valence-corrected chi connectivity index (χ0v) is 19.1. The van der Waals surface area contributed by atoms with Crippen LogP contribution in [0, 0.1) is 0 Å². The first-order valence-corrected chi connectivity index (χ1v) is 12.0. The quantitative estimate of drug-likeness (QED) is 0.263. The molecule has 1 aromatic carbocycles. The molecule has 9 heteroatoms. The Morgan fingerprint density at radius 2 is 2.23 bits per heavy atom. The van der Waals surface area contributed by atoms with Crippen LogP contribution in [0.2, 0.25) is 5.02 Å². The first-order valence-electron chi connectivity index (χ1n) is 9.78. The van der Waals surface area contributed by atoms with Crippen molar-refractivity contribution in [2.24, 2.45) is 0 Å². The number of rotatable bonds is 11. The standard InChI is InChI=1S/C21H24ClN3O3S2/c1-2-28-11-4-10-25-20(27)17-7-6-15(22)13-18(17)24-21(25)30-14-19(26)23-9-8-16-5-3-12-29-16/h3,5-7,12-13H,2,4,8-11,14H2,1H3,(H,23,26). The van der Waals surface area contributed by atoms with Crippen molar-refractivity contribution in [2.75, 3.05) is 25.5 Å².